The van der Waals surface area contributed by atoms with Crippen LogP contribution in [0.5, 0.6) is 11.5 Å². The number of isocyanates is 1. The number of carbonyl (C=O) groups excluding carboxylic acids is 4. The minimum absolute atomic E-state index is 0.0315. The van der Waals surface area contributed by atoms with Gasteiger partial charge in [-0.25, -0.2) is 62.1 Å². The molecule has 102 heavy (non-hydrogen) atoms. The predicted octanol–water partition coefficient (Wildman–Crippen LogP) is 12.5. The highest BCUT2D eigenvalue weighted by Gasteiger charge is 2.11. The van der Waals surface area contributed by atoms with Crippen molar-refractivity contribution in [1.29, 1.82) is 0 Å². The Morgan fingerprint density at radius 2 is 0.980 bits per heavy atom. The molecule has 0 aliphatic carbocycles. The van der Waals surface area contributed by atoms with E-state index in [1.54, 1.807) is 69.5 Å². The molecule has 0 bridgehead atoms. The molecule has 11 rings (SSSR count). The molecule has 0 aliphatic heterocycles. The van der Waals surface area contributed by atoms with Gasteiger partial charge in [0.2, 0.25) is 46.2 Å². The van der Waals surface area contributed by atoms with E-state index in [-0.39, 0.29) is 17.2 Å². The van der Waals surface area contributed by atoms with Crippen LogP contribution in [0, 0.1) is 34.6 Å². The maximum absolute atomic E-state index is 11.5. The van der Waals surface area contributed by atoms with Crippen molar-refractivity contribution in [3.05, 3.63) is 144 Å². The first-order valence-electron chi connectivity index (χ1n) is 33.4. The average molecular weight is 1440 g/mol. The van der Waals surface area contributed by atoms with Crippen LogP contribution in [0.4, 0.5) is 28.6 Å². The van der Waals surface area contributed by atoms with E-state index in [1.807, 2.05) is 132 Å². The number of aryl methyl sites for hydroxylation is 5. The smallest absolute Gasteiger partial charge is 0.321 e. The third kappa shape index (κ3) is 29.2. The van der Waals surface area contributed by atoms with Gasteiger partial charge in [-0.1, -0.05) is 72.8 Å². The van der Waals surface area contributed by atoms with E-state index in [0.29, 0.717) is 79.3 Å². The molecule has 0 fully saturated rings. The van der Waals surface area contributed by atoms with Crippen molar-refractivity contribution in [1.82, 2.24) is 78.3 Å². The second-order valence-electron chi connectivity index (χ2n) is 22.6. The summed E-state index contributed by atoms with van der Waals surface area (Å²) < 4.78 is 30.5. The molecule has 7 N–H and O–H groups in total. The summed E-state index contributed by atoms with van der Waals surface area (Å²) in [5.41, 5.74) is 16.4. The Hall–Kier alpha value is -10.8. The monoisotopic (exact) mass is 1440 g/mol. The zero-order valence-corrected chi connectivity index (χ0v) is 62.0. The van der Waals surface area contributed by atoms with Crippen LogP contribution in [0.25, 0.3) is 27.6 Å². The first-order chi connectivity index (χ1) is 49.0. The molecule has 0 aliphatic rings. The maximum Gasteiger partial charge on any atom is 0.321 e. The van der Waals surface area contributed by atoms with Crippen LogP contribution in [-0.4, -0.2) is 145 Å². The van der Waals surface area contributed by atoms with Crippen molar-refractivity contribution in [2.24, 2.45) is 4.99 Å². The highest BCUT2D eigenvalue weighted by atomic mass is 35.5. The molecule has 0 saturated heterocycles. The Morgan fingerprint density at radius 3 is 1.42 bits per heavy atom. The van der Waals surface area contributed by atoms with Crippen LogP contribution < -0.4 is 36.5 Å². The number of carbonyl (C=O) groups is 4. The van der Waals surface area contributed by atoms with E-state index in [2.05, 4.69) is 97.4 Å². The lowest BCUT2D eigenvalue weighted by Crippen LogP contribution is -2.30. The fourth-order valence-corrected chi connectivity index (χ4v) is 9.17. The lowest BCUT2D eigenvalue weighted by Gasteiger charge is -2.10. The zero-order chi connectivity index (χ0) is 74.9. The number of hydrogen-bond donors (Lipinski definition) is 6. The molecule has 1 atom stereocenters. The van der Waals surface area contributed by atoms with Crippen LogP contribution in [0.2, 0.25) is 0 Å². The Kier molecular flexibility index (Phi) is 37.6. The fourth-order valence-electron chi connectivity index (χ4n) is 8.64. The number of carboxylic acids is 1. The Bertz CT molecular complexity index is 4440. The molecule has 548 valence electrons. The summed E-state index contributed by atoms with van der Waals surface area (Å²) >= 11 is 5.02. The summed E-state index contributed by atoms with van der Waals surface area (Å²) in [5.74, 6) is 2.25. The van der Waals surface area contributed by atoms with E-state index in [1.165, 1.54) is 6.08 Å². The molecule has 0 saturated carbocycles. The molecule has 11 aromatic rings. The number of carboxylic acid groups (broad SMARTS) is 1. The molecule has 1 unspecified atom stereocenters. The van der Waals surface area contributed by atoms with Crippen molar-refractivity contribution in [3.63, 3.8) is 0 Å². The second kappa shape index (κ2) is 45.8. The third-order valence-corrected chi connectivity index (χ3v) is 15.2. The molecule has 0 radical (unpaired) electrons. The number of methoxy groups -OCH3 is 2. The van der Waals surface area contributed by atoms with Crippen molar-refractivity contribution >= 4 is 103 Å². The van der Waals surface area contributed by atoms with Crippen molar-refractivity contribution < 1.29 is 42.8 Å². The van der Waals surface area contributed by atoms with Crippen LogP contribution in [0.3, 0.4) is 0 Å². The maximum atomic E-state index is 11.5. The van der Waals surface area contributed by atoms with E-state index in [4.69, 9.17) is 31.9 Å². The van der Waals surface area contributed by atoms with Crippen molar-refractivity contribution in [2.45, 2.75) is 164 Å². The second-order valence-corrected chi connectivity index (χ2v) is 24.3. The Labute approximate surface area is 601 Å². The van der Waals surface area contributed by atoms with Gasteiger partial charge in [0.15, 0.2) is 11.5 Å². The van der Waals surface area contributed by atoms with E-state index in [9.17, 15) is 28.2 Å². The van der Waals surface area contributed by atoms with Crippen molar-refractivity contribution in [2.75, 3.05) is 55.2 Å². The van der Waals surface area contributed by atoms with Gasteiger partial charge in [0.05, 0.1) is 90.1 Å². The highest BCUT2D eigenvalue weighted by Crippen LogP contribution is 2.28. The summed E-state index contributed by atoms with van der Waals surface area (Å²) in [5, 5.41) is 40.6. The molecular formula is C70H96ClN21O9S. The SMILES string of the molecule is CCCCC(=O)Cl.CCCCC(=O)Nc1ncc2ccc(C)n2n1.CCCCC(=O)O.CCCCN=C=O.CCCCNC(=O)Nc1ncc2ccc(C)n2n1.COc1ccc(CNc2ncc3ccc(C)n3n2)cc1OC.Cc1ccc2cnc(N)nn12.Cc1ccc2cnc(S(C)=O)nn12. The molecule has 10 aromatic heterocycles. The molecule has 10 heterocycles. The number of nitrogens with zero attached hydrogens (tertiary/aromatic N) is 16. The van der Waals surface area contributed by atoms with Gasteiger partial charge >= 0.3 is 12.0 Å². The number of aliphatic carboxylic acids is 1. The summed E-state index contributed by atoms with van der Waals surface area (Å²) in [6, 6.07) is 25.1. The highest BCUT2D eigenvalue weighted by molar-refractivity contribution is 7.84. The number of nitrogen functional groups attached to an aromatic ring is 1. The lowest BCUT2D eigenvalue weighted by atomic mass is 10.2. The largest absolute Gasteiger partial charge is 0.493 e. The molecule has 3 amide bonds. The Balaban J connectivity index is 0.000000255. The van der Waals surface area contributed by atoms with Crippen LogP contribution >= 0.6 is 11.6 Å². The number of halogens is 1. The predicted molar refractivity (Wildman–Crippen MR) is 398 cm³/mol. The number of urea groups is 1. The molecule has 32 heteroatoms. The summed E-state index contributed by atoms with van der Waals surface area (Å²) in [6.45, 7) is 21.9. The van der Waals surface area contributed by atoms with Gasteiger partial charge < -0.3 is 30.9 Å². The number of rotatable bonds is 23. The summed E-state index contributed by atoms with van der Waals surface area (Å²) in [6.07, 6.45) is 22.7. The van der Waals surface area contributed by atoms with Gasteiger partial charge in [-0.15, -0.1) is 25.5 Å². The number of amides is 3. The van der Waals surface area contributed by atoms with Gasteiger partial charge in [-0.2, -0.15) is 0 Å². The number of aliphatic imine (C=N–C) groups is 1. The molecule has 30 nitrogen and oxygen atoms in total. The summed E-state index contributed by atoms with van der Waals surface area (Å²) in [7, 11) is 2.13. The third-order valence-electron chi connectivity index (χ3n) is 14.3. The minimum atomic E-state index is -1.12. The topological polar surface area (TPSA) is 379 Å². The first kappa shape index (κ1) is 83.6. The van der Waals surface area contributed by atoms with Crippen molar-refractivity contribution in [3.8, 4) is 11.5 Å². The molecule has 1 aromatic carbocycles. The standard InChI is InChI=1S/C16H18N4O2.C12H17N5O.C12H16N4O.C8H9N3OS.C7H8N4.C5H9ClO.C5H9NO.C5H10O2/c1-11-4-6-13-10-18-16(19-20(11)13)17-9-12-5-7-14(21-2)15(8-12)22-3;1-3-4-7-13-12(18)15-11-14-8-10-6-5-9(2)17(10)16-11;1-3-4-5-11(17)14-12-13-8-10-7-6-9(2)16(10)15-12;1-6-3-4-7-5-9-8(13(2)12)10-11(6)7;1-5-2-3-6-4-9-7(8)10-11(5)6;1-2-3-4-5(6)7;1-2-3-4-6-5-7;1-2-3-4-5(6)7/h4-8,10H,9H2,1-3H3,(H,17,19);5-6,8H,3-4,7H2,1-2H3,(H2,13,15,16,18);6-8H,3-5H2,1-2H3,(H,14,15,17);3-5H,1-2H3;2-4H,1H3,(H2,8,10);2*2-4H2,1H3;2-4H2,1H3,(H,6,7). The number of ether oxygens (including phenoxy) is 2. The van der Waals surface area contributed by atoms with Gasteiger partial charge in [0.1, 0.15) is 0 Å². The number of hydrogen-bond acceptors (Lipinski definition) is 21. The normalized spacial score (nSPS) is 10.5. The quantitative estimate of drug-likeness (QED) is 0.0150. The number of nitrogens with two attached hydrogens (primary N) is 1. The number of anilines is 4. The van der Waals surface area contributed by atoms with Crippen LogP contribution in [-0.2, 0) is 36.5 Å². The van der Waals surface area contributed by atoms with Gasteiger partial charge in [-0.3, -0.25) is 29.2 Å². The van der Waals surface area contributed by atoms with E-state index in [0.717, 1.165) is 126 Å². The number of aromatic nitrogens is 15. The average Bonchev–Trinajstić information content (AvgIpc) is 1.69. The summed E-state index contributed by atoms with van der Waals surface area (Å²) in [4.78, 5) is 75.9. The number of benzene rings is 1. The molecular weight excluding hydrogens is 1350 g/mol. The lowest BCUT2D eigenvalue weighted by molar-refractivity contribution is -0.137. The number of fused-ring (bicyclic) bond motifs is 5. The van der Waals surface area contributed by atoms with Crippen LogP contribution in [0.15, 0.2) is 120 Å². The van der Waals surface area contributed by atoms with E-state index >= 15 is 0 Å². The van der Waals surface area contributed by atoms with Gasteiger partial charge in [0.25, 0.3) is 0 Å². The fraction of sp³-hybridized carbons (Fsp3) is 0.414. The van der Waals surface area contributed by atoms with Gasteiger partial charge in [0, 0.05) is 67.1 Å². The first-order valence-corrected chi connectivity index (χ1v) is 35.4. The van der Waals surface area contributed by atoms with Gasteiger partial charge in [-0.05, 0) is 157 Å². The number of unbranched alkanes of at least 4 members (excludes halogenated alkanes) is 5. The zero-order valence-electron chi connectivity index (χ0n) is 60.4. The molecule has 0 spiro atoms. The van der Waals surface area contributed by atoms with Crippen LogP contribution in [0.1, 0.15) is 152 Å². The van der Waals surface area contributed by atoms with E-state index < -0.39 is 16.8 Å². The minimum Gasteiger partial charge on any atom is -0.493 e. The number of nitrogens with one attached hydrogen (secondary N) is 4. The Morgan fingerprint density at radius 1 is 0.549 bits per heavy atom.